The highest BCUT2D eigenvalue weighted by Crippen LogP contribution is 2.28. The fourth-order valence-electron chi connectivity index (χ4n) is 2.42. The molecule has 0 spiro atoms. The van der Waals surface area contributed by atoms with Gasteiger partial charge in [-0.05, 0) is 31.6 Å². The minimum absolute atomic E-state index is 0.891. The van der Waals surface area contributed by atoms with E-state index < -0.39 is 0 Å². The first-order valence-electron chi connectivity index (χ1n) is 6.49. The van der Waals surface area contributed by atoms with E-state index in [0.29, 0.717) is 0 Å². The summed E-state index contributed by atoms with van der Waals surface area (Å²) >= 11 is 0. The van der Waals surface area contributed by atoms with Crippen LogP contribution in [-0.2, 0) is 0 Å². The Bertz CT molecular complexity index is 184. The van der Waals surface area contributed by atoms with Crippen molar-refractivity contribution in [3.05, 3.63) is 24.3 Å². The molecule has 0 radical (unpaired) electrons. The lowest BCUT2D eigenvalue weighted by atomic mass is 9.82. The van der Waals surface area contributed by atoms with Crippen LogP contribution in [0.4, 0.5) is 0 Å². The number of allylic oxidation sites excluding steroid dienone is 3. The molecule has 0 nitrogen and oxygen atoms in total. The largest absolute Gasteiger partial charge is 0.0958 e. The molecule has 0 heteroatoms. The van der Waals surface area contributed by atoms with Crippen molar-refractivity contribution in [2.24, 2.45) is 11.8 Å². The Morgan fingerprint density at radius 1 is 1.07 bits per heavy atom. The molecule has 0 aliphatic heterocycles. The Kier molecular flexibility index (Phi) is 8.46. The molecule has 0 bridgehead atoms. The molecular formula is C15H28. The van der Waals surface area contributed by atoms with Gasteiger partial charge in [-0.15, -0.1) is 0 Å². The molecule has 0 aromatic carbocycles. The van der Waals surface area contributed by atoms with Crippen molar-refractivity contribution in [3.63, 3.8) is 0 Å². The normalized spacial score (nSPS) is 13.7. The van der Waals surface area contributed by atoms with Crippen molar-refractivity contribution >= 4 is 0 Å². The Balaban J connectivity index is 4.04. The van der Waals surface area contributed by atoms with Crippen LogP contribution in [0, 0.1) is 11.8 Å². The van der Waals surface area contributed by atoms with Crippen LogP contribution in [0.5, 0.6) is 0 Å². The molecule has 88 valence electrons. The van der Waals surface area contributed by atoms with E-state index in [1.54, 1.807) is 0 Å². The highest BCUT2D eigenvalue weighted by molar-refractivity contribution is 5.13. The van der Waals surface area contributed by atoms with Gasteiger partial charge in [-0.1, -0.05) is 64.3 Å². The van der Waals surface area contributed by atoms with Crippen LogP contribution >= 0.6 is 0 Å². The van der Waals surface area contributed by atoms with Gasteiger partial charge in [0.25, 0.3) is 0 Å². The van der Waals surface area contributed by atoms with Crippen LogP contribution in [-0.4, -0.2) is 0 Å². The predicted octanol–water partition coefficient (Wildman–Crippen LogP) is 5.36. The third-order valence-corrected chi connectivity index (χ3v) is 3.48. The van der Waals surface area contributed by atoms with Gasteiger partial charge in [0.1, 0.15) is 0 Å². The third-order valence-electron chi connectivity index (χ3n) is 3.48. The number of rotatable bonds is 8. The second-order valence-corrected chi connectivity index (χ2v) is 4.44. The molecule has 0 aliphatic rings. The maximum Gasteiger partial charge on any atom is -0.0282 e. The van der Waals surface area contributed by atoms with E-state index in [1.165, 1.54) is 37.7 Å². The molecule has 0 aromatic rings. The first-order chi connectivity index (χ1) is 7.19. The van der Waals surface area contributed by atoms with Gasteiger partial charge < -0.3 is 0 Å². The van der Waals surface area contributed by atoms with Crippen molar-refractivity contribution in [1.82, 2.24) is 0 Å². The maximum absolute atomic E-state index is 4.07. The van der Waals surface area contributed by atoms with Gasteiger partial charge in [0.05, 0.1) is 0 Å². The van der Waals surface area contributed by atoms with Gasteiger partial charge in [-0.2, -0.15) is 0 Å². The van der Waals surface area contributed by atoms with Crippen LogP contribution < -0.4 is 0 Å². The monoisotopic (exact) mass is 208 g/mol. The van der Waals surface area contributed by atoms with Gasteiger partial charge in [-0.25, -0.2) is 0 Å². The van der Waals surface area contributed by atoms with E-state index in [0.717, 1.165) is 11.8 Å². The summed E-state index contributed by atoms with van der Waals surface area (Å²) in [4.78, 5) is 0. The lowest BCUT2D eigenvalue weighted by Gasteiger charge is -2.24. The lowest BCUT2D eigenvalue weighted by Crippen LogP contribution is -2.12. The van der Waals surface area contributed by atoms with Crippen molar-refractivity contribution in [2.45, 2.75) is 59.8 Å². The third kappa shape index (κ3) is 5.81. The van der Waals surface area contributed by atoms with Gasteiger partial charge in [0.2, 0.25) is 0 Å². The smallest absolute Gasteiger partial charge is 0.0282 e. The molecule has 0 saturated heterocycles. The summed E-state index contributed by atoms with van der Waals surface area (Å²) in [7, 11) is 0. The van der Waals surface area contributed by atoms with Crippen LogP contribution in [0.1, 0.15) is 59.8 Å². The van der Waals surface area contributed by atoms with Gasteiger partial charge in [0, 0.05) is 0 Å². The van der Waals surface area contributed by atoms with Crippen LogP contribution in [0.15, 0.2) is 24.3 Å². The highest BCUT2D eigenvalue weighted by atomic mass is 14.2. The van der Waals surface area contributed by atoms with Crippen LogP contribution in [0.3, 0.4) is 0 Å². The van der Waals surface area contributed by atoms with Crippen LogP contribution in [0.2, 0.25) is 0 Å². The van der Waals surface area contributed by atoms with E-state index in [-0.39, 0.29) is 0 Å². The molecule has 0 heterocycles. The number of hydrogen-bond acceptors (Lipinski definition) is 0. The highest BCUT2D eigenvalue weighted by Gasteiger charge is 2.15. The summed E-state index contributed by atoms with van der Waals surface area (Å²) in [5.74, 6) is 1.80. The maximum atomic E-state index is 4.07. The SMILES string of the molecule is C=C(/C=C/C)CCC(CC)C(CC)CC. The minimum Gasteiger partial charge on any atom is -0.0958 e. The van der Waals surface area contributed by atoms with Gasteiger partial charge >= 0.3 is 0 Å². The summed E-state index contributed by atoms with van der Waals surface area (Å²) in [6.45, 7) is 13.1. The van der Waals surface area contributed by atoms with E-state index in [4.69, 9.17) is 0 Å². The Labute approximate surface area is 96.5 Å². The summed E-state index contributed by atoms with van der Waals surface area (Å²) in [5.41, 5.74) is 1.28. The zero-order valence-electron chi connectivity index (χ0n) is 11.1. The first-order valence-corrected chi connectivity index (χ1v) is 6.49. The van der Waals surface area contributed by atoms with E-state index in [2.05, 4.69) is 46.4 Å². The zero-order chi connectivity index (χ0) is 11.7. The van der Waals surface area contributed by atoms with Crippen molar-refractivity contribution in [2.75, 3.05) is 0 Å². The molecule has 0 amide bonds. The zero-order valence-corrected chi connectivity index (χ0v) is 11.1. The average Bonchev–Trinajstić information content (AvgIpc) is 2.24. The minimum atomic E-state index is 0.891. The molecule has 1 unspecified atom stereocenters. The van der Waals surface area contributed by atoms with Crippen molar-refractivity contribution in [3.8, 4) is 0 Å². The Hall–Kier alpha value is -0.520. The first kappa shape index (κ1) is 14.5. The molecule has 0 aliphatic carbocycles. The topological polar surface area (TPSA) is 0 Å². The summed E-state index contributed by atoms with van der Waals surface area (Å²) in [6, 6.07) is 0. The molecular weight excluding hydrogens is 180 g/mol. The fourth-order valence-corrected chi connectivity index (χ4v) is 2.42. The quantitative estimate of drug-likeness (QED) is 0.471. The van der Waals surface area contributed by atoms with Gasteiger partial charge in [-0.3, -0.25) is 0 Å². The molecule has 0 N–H and O–H groups in total. The molecule has 0 rings (SSSR count). The van der Waals surface area contributed by atoms with Gasteiger partial charge in [0.15, 0.2) is 0 Å². The summed E-state index contributed by atoms with van der Waals surface area (Å²) in [6.07, 6.45) is 10.7. The van der Waals surface area contributed by atoms with E-state index in [9.17, 15) is 0 Å². The van der Waals surface area contributed by atoms with Crippen LogP contribution in [0.25, 0.3) is 0 Å². The standard InChI is InChI=1S/C15H28/c1-6-10-13(5)11-12-15(9-4)14(7-2)8-3/h6,10,14-15H,5,7-9,11-12H2,1-4H3/b10-6+. The second-order valence-electron chi connectivity index (χ2n) is 4.44. The average molecular weight is 208 g/mol. The second kappa shape index (κ2) is 8.76. The molecule has 0 saturated carbocycles. The van der Waals surface area contributed by atoms with Crippen molar-refractivity contribution in [1.29, 1.82) is 0 Å². The van der Waals surface area contributed by atoms with E-state index >= 15 is 0 Å². The van der Waals surface area contributed by atoms with Crippen molar-refractivity contribution < 1.29 is 0 Å². The summed E-state index contributed by atoms with van der Waals surface area (Å²) < 4.78 is 0. The Morgan fingerprint density at radius 2 is 1.60 bits per heavy atom. The predicted molar refractivity (Wildman–Crippen MR) is 71.0 cm³/mol. The molecule has 0 aromatic heterocycles. The molecule has 1 atom stereocenters. The fraction of sp³-hybridized carbons (Fsp3) is 0.733. The summed E-state index contributed by atoms with van der Waals surface area (Å²) in [5, 5.41) is 0. The number of hydrogen-bond donors (Lipinski definition) is 0. The Morgan fingerprint density at radius 3 is 2.00 bits per heavy atom. The molecule has 15 heavy (non-hydrogen) atoms. The molecule has 0 fully saturated rings. The lowest BCUT2D eigenvalue weighted by molar-refractivity contribution is 0.287. The van der Waals surface area contributed by atoms with E-state index in [1.807, 2.05) is 0 Å².